The summed E-state index contributed by atoms with van der Waals surface area (Å²) in [5.41, 5.74) is 0.845. The molecule has 0 saturated carbocycles. The number of halogens is 1. The number of carboxylic acid groups (broad SMARTS) is 1. The summed E-state index contributed by atoms with van der Waals surface area (Å²) in [6.07, 6.45) is -1.80. The number of carbonyl (C=O) groups is 1. The summed E-state index contributed by atoms with van der Waals surface area (Å²) in [6.45, 7) is 0.000494. The zero-order chi connectivity index (χ0) is 12.6. The Morgan fingerprint density at radius 1 is 1.59 bits per heavy atom. The Bertz CT molecular complexity index is 469. The molecule has 4 N–H and O–H groups in total. The summed E-state index contributed by atoms with van der Waals surface area (Å²) in [6, 6.07) is 2.91. The molecular weight excluding hydrogens is 248 g/mol. The van der Waals surface area contributed by atoms with Gasteiger partial charge in [-0.2, -0.15) is 0 Å². The summed E-state index contributed by atoms with van der Waals surface area (Å²) < 4.78 is 5.15. The molecule has 1 amide bonds. The number of benzene rings is 1. The fourth-order valence-electron chi connectivity index (χ4n) is 1.76. The van der Waals surface area contributed by atoms with Gasteiger partial charge in [-0.3, -0.25) is 0 Å². The highest BCUT2D eigenvalue weighted by Crippen LogP contribution is 2.31. The van der Waals surface area contributed by atoms with Crippen LogP contribution in [0.15, 0.2) is 12.1 Å². The molecule has 90 valence electrons. The largest absolute Gasteiger partial charge is 0.506 e. The number of amides is 1. The number of phenolic OH excluding ortho intramolecular Hbond substituents is 1. The Hall–Kier alpha value is -1.44. The normalized spacial score (nSPS) is 18.0. The Balaban J connectivity index is 2.29. The first-order valence-electron chi connectivity index (χ1n) is 4.82. The van der Waals surface area contributed by atoms with Gasteiger partial charge in [0.05, 0.1) is 11.1 Å². The molecule has 1 aliphatic heterocycles. The average Bonchev–Trinajstić information content (AvgIpc) is 2.58. The minimum absolute atomic E-state index is 0.000494. The topological polar surface area (TPSA) is 99.0 Å². The van der Waals surface area contributed by atoms with Gasteiger partial charge in [-0.1, -0.05) is 17.7 Å². The van der Waals surface area contributed by atoms with E-state index in [1.165, 1.54) is 6.07 Å². The molecule has 17 heavy (non-hydrogen) atoms. The minimum atomic E-state index is -1.26. The van der Waals surface area contributed by atoms with Gasteiger partial charge in [0.15, 0.2) is 0 Å². The van der Waals surface area contributed by atoms with E-state index in [9.17, 15) is 14.9 Å². The highest BCUT2D eigenvalue weighted by atomic mass is 35.5. The second-order valence-corrected chi connectivity index (χ2v) is 3.94. The maximum Gasteiger partial charge on any atom is 0.493 e. The first kappa shape index (κ1) is 12.0. The molecule has 0 bridgehead atoms. The molecule has 1 aromatic rings. The van der Waals surface area contributed by atoms with Gasteiger partial charge >= 0.3 is 13.2 Å². The Morgan fingerprint density at radius 2 is 2.29 bits per heavy atom. The van der Waals surface area contributed by atoms with Gasteiger partial charge in [0, 0.05) is 12.0 Å². The van der Waals surface area contributed by atoms with E-state index < -0.39 is 19.3 Å². The van der Waals surface area contributed by atoms with Crippen molar-refractivity contribution < 1.29 is 24.7 Å². The van der Waals surface area contributed by atoms with E-state index in [0.717, 1.165) is 0 Å². The van der Waals surface area contributed by atoms with Crippen molar-refractivity contribution in [3.05, 3.63) is 22.7 Å². The molecule has 1 atom stereocenters. The van der Waals surface area contributed by atoms with Crippen molar-refractivity contribution in [3.8, 4) is 5.75 Å². The molecular formula is C9H9BClNO5. The van der Waals surface area contributed by atoms with Crippen LogP contribution in [0.25, 0.3) is 0 Å². The predicted octanol–water partition coefficient (Wildman–Crippen LogP) is 0.0720. The van der Waals surface area contributed by atoms with Gasteiger partial charge in [0.25, 0.3) is 0 Å². The van der Waals surface area contributed by atoms with Crippen LogP contribution in [0.3, 0.4) is 0 Å². The molecule has 0 saturated heterocycles. The molecule has 8 heteroatoms. The molecule has 1 unspecified atom stereocenters. The highest BCUT2D eigenvalue weighted by molar-refractivity contribution is 6.65. The Labute approximate surface area is 102 Å². The number of rotatable bonds is 2. The van der Waals surface area contributed by atoms with E-state index in [0.29, 0.717) is 5.56 Å². The second-order valence-electron chi connectivity index (χ2n) is 3.56. The van der Waals surface area contributed by atoms with E-state index in [1.54, 1.807) is 6.07 Å². The van der Waals surface area contributed by atoms with Crippen LogP contribution in [0.2, 0.25) is 5.02 Å². The van der Waals surface area contributed by atoms with Crippen molar-refractivity contribution >= 4 is 30.3 Å². The Kier molecular flexibility index (Phi) is 3.14. The molecule has 2 rings (SSSR count). The third kappa shape index (κ3) is 2.17. The number of fused-ring (bicyclic) bond motifs is 1. The van der Waals surface area contributed by atoms with Crippen molar-refractivity contribution in [2.75, 3.05) is 6.54 Å². The van der Waals surface area contributed by atoms with Gasteiger partial charge in [-0.05, 0) is 11.6 Å². The number of nitrogens with one attached hydrogen (secondary N) is 1. The Morgan fingerprint density at radius 3 is 2.94 bits per heavy atom. The van der Waals surface area contributed by atoms with Crippen LogP contribution in [0.5, 0.6) is 5.75 Å². The molecule has 0 aliphatic carbocycles. The fourth-order valence-corrected chi connectivity index (χ4v) is 2.03. The van der Waals surface area contributed by atoms with Gasteiger partial charge in [-0.25, -0.2) is 4.79 Å². The van der Waals surface area contributed by atoms with Crippen LogP contribution in [0.4, 0.5) is 4.79 Å². The lowest BCUT2D eigenvalue weighted by Crippen LogP contribution is -2.29. The van der Waals surface area contributed by atoms with E-state index in [-0.39, 0.29) is 22.8 Å². The van der Waals surface area contributed by atoms with Crippen LogP contribution in [0.1, 0.15) is 11.7 Å². The van der Waals surface area contributed by atoms with E-state index in [2.05, 4.69) is 5.32 Å². The first-order valence-corrected chi connectivity index (χ1v) is 5.20. The predicted molar refractivity (Wildman–Crippen MR) is 60.6 cm³/mol. The third-order valence-corrected chi connectivity index (χ3v) is 2.92. The maximum atomic E-state index is 10.4. The molecule has 0 spiro atoms. The number of aromatic hydroxyl groups is 1. The zero-order valence-electron chi connectivity index (χ0n) is 8.55. The van der Waals surface area contributed by atoms with Gasteiger partial charge < -0.3 is 25.2 Å². The lowest BCUT2D eigenvalue weighted by molar-refractivity contribution is 0.167. The summed E-state index contributed by atoms with van der Waals surface area (Å²) in [5.74, 6) is -0.153. The molecule has 1 aliphatic rings. The van der Waals surface area contributed by atoms with Crippen LogP contribution in [-0.4, -0.2) is 35.0 Å². The van der Waals surface area contributed by atoms with Gasteiger partial charge in [-0.15, -0.1) is 0 Å². The lowest BCUT2D eigenvalue weighted by Gasteiger charge is -2.11. The van der Waals surface area contributed by atoms with Crippen molar-refractivity contribution in [3.63, 3.8) is 0 Å². The smallest absolute Gasteiger partial charge is 0.493 e. The number of hydrogen-bond donors (Lipinski definition) is 4. The van der Waals surface area contributed by atoms with Crippen molar-refractivity contribution in [2.24, 2.45) is 0 Å². The first-order chi connectivity index (χ1) is 8.00. The molecule has 0 fully saturated rings. The van der Waals surface area contributed by atoms with Crippen molar-refractivity contribution in [2.45, 2.75) is 6.10 Å². The third-order valence-electron chi connectivity index (χ3n) is 2.52. The van der Waals surface area contributed by atoms with Crippen molar-refractivity contribution in [1.82, 2.24) is 5.32 Å². The van der Waals surface area contributed by atoms with Gasteiger partial charge in [0.2, 0.25) is 0 Å². The summed E-state index contributed by atoms with van der Waals surface area (Å²) >= 11 is 5.83. The SMILES string of the molecule is O=C(O)NCC1OB(O)c2c1ccc(O)c2Cl. The molecule has 0 radical (unpaired) electrons. The van der Waals surface area contributed by atoms with Crippen LogP contribution in [-0.2, 0) is 4.65 Å². The number of hydrogen-bond acceptors (Lipinski definition) is 4. The highest BCUT2D eigenvalue weighted by Gasteiger charge is 2.37. The molecule has 1 aromatic carbocycles. The minimum Gasteiger partial charge on any atom is -0.506 e. The summed E-state index contributed by atoms with van der Waals surface area (Å²) in [7, 11) is -1.26. The van der Waals surface area contributed by atoms with E-state index in [4.69, 9.17) is 21.4 Å². The maximum absolute atomic E-state index is 10.4. The summed E-state index contributed by atoms with van der Waals surface area (Å²) in [4.78, 5) is 10.4. The molecule has 1 heterocycles. The second kappa shape index (κ2) is 4.44. The zero-order valence-corrected chi connectivity index (χ0v) is 9.31. The lowest BCUT2D eigenvalue weighted by atomic mass is 9.79. The monoisotopic (exact) mass is 257 g/mol. The van der Waals surface area contributed by atoms with E-state index >= 15 is 0 Å². The fraction of sp³-hybridized carbons (Fsp3) is 0.222. The van der Waals surface area contributed by atoms with Crippen LogP contribution >= 0.6 is 11.6 Å². The van der Waals surface area contributed by atoms with Gasteiger partial charge in [0.1, 0.15) is 5.75 Å². The van der Waals surface area contributed by atoms with E-state index in [1.807, 2.05) is 0 Å². The molecule has 6 nitrogen and oxygen atoms in total. The van der Waals surface area contributed by atoms with Crippen LogP contribution in [0, 0.1) is 0 Å². The van der Waals surface area contributed by atoms with Crippen molar-refractivity contribution in [1.29, 1.82) is 0 Å². The number of phenols is 1. The van der Waals surface area contributed by atoms with Crippen LogP contribution < -0.4 is 10.8 Å². The summed E-state index contributed by atoms with van der Waals surface area (Å²) in [5, 5.41) is 29.7. The quantitative estimate of drug-likeness (QED) is 0.562. The average molecular weight is 257 g/mol. The molecule has 0 aromatic heterocycles. The standard InChI is InChI=1S/C9H9BClNO5/c11-8-5(13)2-1-4-6(3-12-9(14)15)17-10(16)7(4)8/h1-2,6,12-13,16H,3H2,(H,14,15).